The molecule has 2 unspecified atom stereocenters. The van der Waals surface area contributed by atoms with Crippen LogP contribution in [0.5, 0.6) is 0 Å². The lowest BCUT2D eigenvalue weighted by Crippen LogP contribution is -2.65. The van der Waals surface area contributed by atoms with Crippen LogP contribution in [-0.2, 0) is 0 Å². The first-order chi connectivity index (χ1) is 9.87. The molecule has 0 saturated carbocycles. The molecule has 1 nitrogen and oxygen atoms in total. The molecule has 0 aromatic carbocycles. The van der Waals surface area contributed by atoms with E-state index in [1.165, 1.54) is 0 Å². The number of alkyl halides is 12. The first-order valence-corrected chi connectivity index (χ1v) is 5.32. The van der Waals surface area contributed by atoms with Crippen molar-refractivity contribution in [2.45, 2.75) is 35.8 Å². The van der Waals surface area contributed by atoms with Gasteiger partial charge in [0.1, 0.15) is 0 Å². The zero-order chi connectivity index (χ0) is 18.4. The molecule has 0 aromatic rings. The Balaban J connectivity index is 2.87. The Bertz CT molecular complexity index is 555. The maximum Gasteiger partial charge on any atom is 0.435 e. The highest BCUT2D eigenvalue weighted by Crippen LogP contribution is 2.66. The molecule has 2 aliphatic heterocycles. The second-order valence-electron chi connectivity index (χ2n) is 4.80. The molecule has 0 radical (unpaired) electrons. The van der Waals surface area contributed by atoms with Gasteiger partial charge in [-0.2, -0.15) is 48.8 Å². The molecule has 134 valence electrons. The summed E-state index contributed by atoms with van der Waals surface area (Å²) >= 11 is 0. The van der Waals surface area contributed by atoms with E-state index in [1.807, 2.05) is 0 Å². The van der Waals surface area contributed by atoms with Crippen LogP contribution in [0, 0.1) is 0 Å². The Morgan fingerprint density at radius 3 is 1.52 bits per heavy atom. The summed E-state index contributed by atoms with van der Waals surface area (Å²) in [7, 11) is 0. The lowest BCUT2D eigenvalue weighted by atomic mass is 9.84. The van der Waals surface area contributed by atoms with E-state index >= 15 is 0 Å². The summed E-state index contributed by atoms with van der Waals surface area (Å²) in [5.41, 5.74) is -11.5. The molecular formula is C9H2F13N. The van der Waals surface area contributed by atoms with Gasteiger partial charge in [0.05, 0.1) is 12.1 Å². The van der Waals surface area contributed by atoms with Gasteiger partial charge in [-0.15, -0.1) is 0 Å². The van der Waals surface area contributed by atoms with Gasteiger partial charge < -0.3 is 0 Å². The third-order valence-electron chi connectivity index (χ3n) is 3.40. The fourth-order valence-corrected chi connectivity index (χ4v) is 2.14. The number of hydrogen-bond donors (Lipinski definition) is 0. The largest absolute Gasteiger partial charge is 0.435 e. The van der Waals surface area contributed by atoms with Gasteiger partial charge in [0, 0.05) is 0 Å². The van der Waals surface area contributed by atoms with Gasteiger partial charge in [-0.05, 0) is 0 Å². The minimum absolute atomic E-state index is 1.31. The van der Waals surface area contributed by atoms with Crippen LogP contribution in [-0.4, -0.2) is 47.2 Å². The summed E-state index contributed by atoms with van der Waals surface area (Å²) in [6, 6.07) is -6.00. The molecular weight excluding hydrogens is 369 g/mol. The molecule has 2 heterocycles. The Morgan fingerprint density at radius 1 is 0.783 bits per heavy atom. The summed E-state index contributed by atoms with van der Waals surface area (Å²) in [5, 5.41) is 0. The summed E-state index contributed by atoms with van der Waals surface area (Å²) in [4.78, 5) is -1.31. The molecule has 0 bridgehead atoms. The number of fused-ring (bicyclic) bond motifs is 1. The third-order valence-corrected chi connectivity index (χ3v) is 3.40. The number of halogens is 13. The van der Waals surface area contributed by atoms with Crippen molar-refractivity contribution in [3.8, 4) is 0 Å². The molecule has 1 fully saturated rings. The fourth-order valence-electron chi connectivity index (χ4n) is 2.14. The highest BCUT2D eigenvalue weighted by molar-refractivity contribution is 5.45. The Hall–Kier alpha value is -1.21. The van der Waals surface area contributed by atoms with E-state index < -0.39 is 58.6 Å². The molecule has 0 aromatic heterocycles. The van der Waals surface area contributed by atoms with Crippen LogP contribution >= 0.6 is 0 Å². The van der Waals surface area contributed by atoms with Crippen molar-refractivity contribution in [1.29, 1.82) is 0 Å². The van der Waals surface area contributed by atoms with Crippen molar-refractivity contribution in [3.05, 3.63) is 11.4 Å². The molecule has 0 amide bonds. The van der Waals surface area contributed by atoms with Crippen LogP contribution in [0.3, 0.4) is 0 Å². The van der Waals surface area contributed by atoms with Crippen molar-refractivity contribution in [1.82, 2.24) is 4.90 Å². The number of nitrogens with zero attached hydrogens (tertiary/aromatic N) is 1. The molecule has 0 aliphatic carbocycles. The van der Waals surface area contributed by atoms with Crippen LogP contribution in [0.1, 0.15) is 0 Å². The van der Waals surface area contributed by atoms with Crippen molar-refractivity contribution < 1.29 is 57.1 Å². The van der Waals surface area contributed by atoms with Crippen molar-refractivity contribution in [3.63, 3.8) is 0 Å². The molecule has 2 atom stereocenters. The van der Waals surface area contributed by atoms with Gasteiger partial charge in [-0.25, -0.2) is 13.2 Å². The predicted octanol–water partition coefficient (Wildman–Crippen LogP) is 4.27. The van der Waals surface area contributed by atoms with Crippen molar-refractivity contribution in [2.24, 2.45) is 0 Å². The first-order valence-electron chi connectivity index (χ1n) is 5.32. The smallest absolute Gasteiger partial charge is 0.218 e. The summed E-state index contributed by atoms with van der Waals surface area (Å²) < 4.78 is 168. The van der Waals surface area contributed by atoms with Gasteiger partial charge in [0.2, 0.25) is 5.79 Å². The van der Waals surface area contributed by atoms with Crippen LogP contribution in [0.15, 0.2) is 11.4 Å². The average molecular weight is 371 g/mol. The SMILES string of the molecule is FC1=C(C(F)(C(F)(F)F)C(F)(F)F)C(F)(F)C(F)(F)N2CC12F. The van der Waals surface area contributed by atoms with Gasteiger partial charge in [0.15, 0.2) is 5.83 Å². The zero-order valence-corrected chi connectivity index (χ0v) is 10.1. The molecule has 0 N–H and O–H groups in total. The van der Waals surface area contributed by atoms with Crippen LogP contribution < -0.4 is 0 Å². The monoisotopic (exact) mass is 371 g/mol. The average Bonchev–Trinajstić information content (AvgIpc) is 2.99. The summed E-state index contributed by atoms with van der Waals surface area (Å²) in [5.74, 6) is -14.6. The number of hydrogen-bond acceptors (Lipinski definition) is 1. The minimum atomic E-state index is -7.30. The topological polar surface area (TPSA) is 3.01 Å². The quantitative estimate of drug-likeness (QED) is 0.378. The van der Waals surface area contributed by atoms with E-state index in [-0.39, 0.29) is 0 Å². The van der Waals surface area contributed by atoms with E-state index in [0.29, 0.717) is 0 Å². The van der Waals surface area contributed by atoms with Gasteiger partial charge in [-0.1, -0.05) is 0 Å². The molecule has 2 aliphatic rings. The van der Waals surface area contributed by atoms with E-state index in [2.05, 4.69) is 0 Å². The zero-order valence-electron chi connectivity index (χ0n) is 10.1. The molecule has 2 rings (SSSR count). The minimum Gasteiger partial charge on any atom is -0.218 e. The highest BCUT2D eigenvalue weighted by Gasteiger charge is 2.89. The Morgan fingerprint density at radius 2 is 1.17 bits per heavy atom. The highest BCUT2D eigenvalue weighted by atomic mass is 19.4. The third kappa shape index (κ3) is 1.86. The van der Waals surface area contributed by atoms with E-state index in [1.54, 1.807) is 0 Å². The second-order valence-corrected chi connectivity index (χ2v) is 4.80. The summed E-state index contributed by atoms with van der Waals surface area (Å²) in [6.45, 7) is -1.96. The standard InChI is InChI=1S/C9H2F13N/c10-3-2(5(12,7(15,16)17)8(18,19)20)6(13,14)9(21,22)23-1-4(3,23)11/h1H2. The maximum absolute atomic E-state index is 13.6. The number of rotatable bonds is 1. The van der Waals surface area contributed by atoms with Crippen LogP contribution in [0.25, 0.3) is 0 Å². The van der Waals surface area contributed by atoms with Crippen LogP contribution in [0.2, 0.25) is 0 Å². The van der Waals surface area contributed by atoms with Crippen molar-refractivity contribution in [2.75, 3.05) is 6.54 Å². The van der Waals surface area contributed by atoms with Gasteiger partial charge in [0.25, 0.3) is 0 Å². The predicted molar refractivity (Wildman–Crippen MR) is 44.5 cm³/mol. The van der Waals surface area contributed by atoms with Crippen LogP contribution in [0.4, 0.5) is 57.1 Å². The first kappa shape index (κ1) is 18.1. The second kappa shape index (κ2) is 4.06. The Labute approximate surface area is 117 Å². The van der Waals surface area contributed by atoms with Crippen molar-refractivity contribution >= 4 is 0 Å². The Kier molecular flexibility index (Phi) is 3.20. The van der Waals surface area contributed by atoms with Gasteiger partial charge in [-0.3, -0.25) is 0 Å². The van der Waals surface area contributed by atoms with E-state index in [4.69, 9.17) is 0 Å². The fraction of sp³-hybridized carbons (Fsp3) is 0.778. The molecule has 0 spiro atoms. The molecule has 23 heavy (non-hydrogen) atoms. The normalized spacial score (nSPS) is 33.5. The van der Waals surface area contributed by atoms with E-state index in [0.717, 1.165) is 0 Å². The molecule has 14 heteroatoms. The summed E-state index contributed by atoms with van der Waals surface area (Å²) in [6.07, 6.45) is -14.6. The maximum atomic E-state index is 13.6. The van der Waals surface area contributed by atoms with Gasteiger partial charge >= 0.3 is 30.0 Å². The van der Waals surface area contributed by atoms with E-state index in [9.17, 15) is 57.1 Å². The lowest BCUT2D eigenvalue weighted by molar-refractivity contribution is -0.348. The molecule has 1 saturated heterocycles. The lowest BCUT2D eigenvalue weighted by Gasteiger charge is -2.41.